The second-order valence-electron chi connectivity index (χ2n) is 9.62. The zero-order chi connectivity index (χ0) is 28.4. The van der Waals surface area contributed by atoms with E-state index in [9.17, 15) is 17.7 Å². The normalized spacial score (nSPS) is 19.1. The van der Waals surface area contributed by atoms with Gasteiger partial charge in [-0.05, 0) is 42.5 Å². The number of nitrogens with zero attached hydrogens (tertiary/aromatic N) is 3. The number of benzene rings is 1. The number of aromatic hydroxyl groups is 1. The first-order valence-electron chi connectivity index (χ1n) is 13.8. The molecule has 0 amide bonds. The van der Waals surface area contributed by atoms with E-state index >= 15 is 0 Å². The van der Waals surface area contributed by atoms with Crippen LogP contribution < -0.4 is 10.6 Å². The van der Waals surface area contributed by atoms with Gasteiger partial charge in [0.1, 0.15) is 10.7 Å². The van der Waals surface area contributed by atoms with Gasteiger partial charge in [0.15, 0.2) is 17.4 Å². The van der Waals surface area contributed by atoms with E-state index in [1.54, 1.807) is 6.26 Å². The molecule has 1 unspecified atom stereocenters. The molecule has 216 valence electrons. The monoisotopic (exact) mass is 579 g/mol. The number of nitrogens with one attached hydrogen (secondary N) is 2. The predicted molar refractivity (Wildman–Crippen MR) is 157 cm³/mol. The number of anilines is 1. The molecule has 1 saturated carbocycles. The van der Waals surface area contributed by atoms with Gasteiger partial charge in [-0.15, -0.1) is 8.80 Å². The van der Waals surface area contributed by atoms with Crippen molar-refractivity contribution in [2.75, 3.05) is 18.4 Å². The number of para-hydroxylation sites is 1. The van der Waals surface area contributed by atoms with Crippen molar-refractivity contribution in [1.82, 2.24) is 9.62 Å². The lowest BCUT2D eigenvalue weighted by Crippen LogP contribution is -2.33. The van der Waals surface area contributed by atoms with Crippen molar-refractivity contribution in [2.24, 2.45) is 8.80 Å². The number of sulfonamides is 1. The highest BCUT2D eigenvalue weighted by Crippen LogP contribution is 2.34. The van der Waals surface area contributed by atoms with Crippen LogP contribution in [0.3, 0.4) is 0 Å². The molecule has 39 heavy (non-hydrogen) atoms. The average molecular weight is 580 g/mol. The van der Waals surface area contributed by atoms with Gasteiger partial charge in [0.2, 0.25) is 10.0 Å². The van der Waals surface area contributed by atoms with Gasteiger partial charge in [-0.25, -0.2) is 12.6 Å². The van der Waals surface area contributed by atoms with Crippen LogP contribution in [-0.2, 0) is 27.7 Å². The molecular formula is C27H41N5O5S2. The Bertz CT molecular complexity index is 1270. The Morgan fingerprint density at radius 2 is 1.64 bits per heavy atom. The third-order valence-corrected chi connectivity index (χ3v) is 9.13. The Hall–Kier alpha value is -2.70. The lowest BCUT2D eigenvalue weighted by atomic mass is 10.1. The quantitative estimate of drug-likeness (QED) is 0.387. The Labute approximate surface area is 234 Å². The number of rotatable bonds is 6. The summed E-state index contributed by atoms with van der Waals surface area (Å²) in [5, 5.41) is 16.6. The smallest absolute Gasteiger partial charge is 0.269 e. The van der Waals surface area contributed by atoms with E-state index in [0.717, 1.165) is 18.4 Å². The van der Waals surface area contributed by atoms with Gasteiger partial charge in [0.25, 0.3) is 11.2 Å². The number of furan rings is 1. The maximum absolute atomic E-state index is 12.9. The molecule has 1 aliphatic carbocycles. The molecule has 10 nitrogen and oxygen atoms in total. The van der Waals surface area contributed by atoms with Crippen LogP contribution in [0, 0.1) is 0 Å². The number of amidine groups is 2. The second-order valence-corrected chi connectivity index (χ2v) is 12.4. The van der Waals surface area contributed by atoms with Crippen molar-refractivity contribution >= 4 is 38.6 Å². The molecule has 0 spiro atoms. The van der Waals surface area contributed by atoms with Gasteiger partial charge in [0, 0.05) is 13.1 Å². The molecule has 12 heteroatoms. The third kappa shape index (κ3) is 8.15. The first-order chi connectivity index (χ1) is 18.8. The highest BCUT2D eigenvalue weighted by Gasteiger charge is 2.31. The maximum atomic E-state index is 12.9. The van der Waals surface area contributed by atoms with E-state index < -0.39 is 26.9 Å². The van der Waals surface area contributed by atoms with Crippen molar-refractivity contribution in [3.05, 3.63) is 41.9 Å². The second kappa shape index (κ2) is 14.6. The van der Waals surface area contributed by atoms with Crippen LogP contribution in [0.4, 0.5) is 5.69 Å². The highest BCUT2D eigenvalue weighted by atomic mass is 32.2. The zero-order valence-corrected chi connectivity index (χ0v) is 24.9. The number of phenols is 1. The molecule has 3 N–H and O–H groups in total. The van der Waals surface area contributed by atoms with E-state index in [-0.39, 0.29) is 22.3 Å². The molecule has 0 radical (unpaired) electrons. The molecule has 3 aliphatic rings. The van der Waals surface area contributed by atoms with Crippen molar-refractivity contribution in [2.45, 2.75) is 90.0 Å². The van der Waals surface area contributed by atoms with Crippen LogP contribution in [0.2, 0.25) is 0 Å². The summed E-state index contributed by atoms with van der Waals surface area (Å²) in [5.74, 6) is 0.930. The van der Waals surface area contributed by atoms with Crippen molar-refractivity contribution < 1.29 is 22.2 Å². The van der Waals surface area contributed by atoms with E-state index in [1.807, 2.05) is 19.9 Å². The third-order valence-electron chi connectivity index (χ3n) is 6.52. The van der Waals surface area contributed by atoms with Gasteiger partial charge in [0.05, 0.1) is 18.5 Å². The summed E-state index contributed by atoms with van der Waals surface area (Å²) in [6.07, 6.45) is 10.8. The maximum Gasteiger partial charge on any atom is 0.269 e. The minimum Gasteiger partial charge on any atom is -0.504 e. The first-order valence-corrected chi connectivity index (χ1v) is 16.3. The topological polar surface area (TPSA) is 137 Å². The van der Waals surface area contributed by atoms with Crippen LogP contribution >= 0.6 is 0 Å². The van der Waals surface area contributed by atoms with Crippen molar-refractivity contribution in [3.63, 3.8) is 0 Å². The van der Waals surface area contributed by atoms with Crippen molar-refractivity contribution in [1.29, 1.82) is 0 Å². The van der Waals surface area contributed by atoms with Gasteiger partial charge >= 0.3 is 0 Å². The fraction of sp³-hybridized carbons (Fsp3) is 0.556. The van der Waals surface area contributed by atoms with Crippen LogP contribution in [-0.4, -0.2) is 46.8 Å². The van der Waals surface area contributed by atoms with Gasteiger partial charge < -0.3 is 20.2 Å². The molecule has 2 aliphatic heterocycles. The molecular weight excluding hydrogens is 538 g/mol. The van der Waals surface area contributed by atoms with Crippen molar-refractivity contribution in [3.8, 4) is 5.75 Å². The summed E-state index contributed by atoms with van der Waals surface area (Å²) in [6, 6.07) is 6.32. The lowest BCUT2D eigenvalue weighted by molar-refractivity contribution is 0.445. The molecule has 5 rings (SSSR count). The number of hydrogen-bond acceptors (Lipinski definition) is 7. The summed E-state index contributed by atoms with van der Waals surface area (Å²) in [7, 11) is -3.82. The van der Waals surface area contributed by atoms with E-state index in [1.165, 1.54) is 54.6 Å². The van der Waals surface area contributed by atoms with E-state index in [2.05, 4.69) is 33.3 Å². The standard InChI is InChI=1S/C20H25N5O5S2.C5H10.C2H6/c1-13(2)14-10-15(30-12-14)11-21-19-20(24-31(27)23-19)22-16-6-5-7-17(18(16)26)32(28,29)25-8-3-4-9-25;1-2-4-5-3-1;1-2/h5-7,10,12-13,26H,3-4,8-9,11H2,1-2H3,(H,21,23)(H,22,24);1-5H2;1-2H3. The fourth-order valence-electron chi connectivity index (χ4n) is 4.34. The number of hydrogen-bond donors (Lipinski definition) is 3. The molecule has 3 heterocycles. The molecule has 1 aromatic carbocycles. The first kappa shape index (κ1) is 30.8. The summed E-state index contributed by atoms with van der Waals surface area (Å²) >= 11 is -1.84. The minimum atomic E-state index is -3.82. The average Bonchev–Trinajstić information content (AvgIpc) is 3.74. The van der Waals surface area contributed by atoms with Crippen LogP contribution in [0.5, 0.6) is 5.75 Å². The summed E-state index contributed by atoms with van der Waals surface area (Å²) < 4.78 is 52.4. The Balaban J connectivity index is 0.000000530. The summed E-state index contributed by atoms with van der Waals surface area (Å²) in [4.78, 5) is -0.188. The molecule has 1 aromatic heterocycles. The molecule has 2 fully saturated rings. The largest absolute Gasteiger partial charge is 0.504 e. The highest BCUT2D eigenvalue weighted by molar-refractivity contribution is 7.89. The molecule has 1 atom stereocenters. The summed E-state index contributed by atoms with van der Waals surface area (Å²) in [6.45, 7) is 9.27. The van der Waals surface area contributed by atoms with Crippen LogP contribution in [0.15, 0.2) is 48.6 Å². The SMILES string of the molecule is C1CCCC1.CC.CC(C)c1coc(CNC2=NS(=O)N=C2Nc2cccc(S(=O)(=O)N3CCCC3)c2O)c1. The van der Waals surface area contributed by atoms with Gasteiger partial charge in [-0.1, -0.05) is 65.9 Å². The Kier molecular flexibility index (Phi) is 11.6. The minimum absolute atomic E-state index is 0.123. The van der Waals surface area contributed by atoms with Gasteiger partial charge in [-0.2, -0.15) is 4.31 Å². The predicted octanol–water partition coefficient (Wildman–Crippen LogP) is 5.46. The molecule has 1 saturated heterocycles. The number of phenolic OH excluding ortho intramolecular Hbond substituents is 1. The van der Waals surface area contributed by atoms with Crippen LogP contribution in [0.25, 0.3) is 0 Å². The van der Waals surface area contributed by atoms with Crippen LogP contribution in [0.1, 0.15) is 89.9 Å². The van der Waals surface area contributed by atoms with Gasteiger partial charge in [-0.3, -0.25) is 0 Å². The zero-order valence-electron chi connectivity index (χ0n) is 23.3. The molecule has 0 bridgehead atoms. The summed E-state index contributed by atoms with van der Waals surface area (Å²) in [5.41, 5.74) is 1.18. The Morgan fingerprint density at radius 1 is 1.03 bits per heavy atom. The lowest BCUT2D eigenvalue weighted by Gasteiger charge is -2.18. The Morgan fingerprint density at radius 3 is 2.23 bits per heavy atom. The van der Waals surface area contributed by atoms with E-state index in [4.69, 9.17) is 4.42 Å². The van der Waals surface area contributed by atoms with E-state index in [0.29, 0.717) is 31.3 Å². The molecule has 2 aromatic rings. The fourth-order valence-corrected chi connectivity index (χ4v) is 6.59.